The zero-order valence-corrected chi connectivity index (χ0v) is 11.6. The van der Waals surface area contributed by atoms with E-state index in [0.29, 0.717) is 6.42 Å². The van der Waals surface area contributed by atoms with Gasteiger partial charge in [0.2, 0.25) is 6.08 Å². The Morgan fingerprint density at radius 2 is 1.81 bits per heavy atom. The summed E-state index contributed by atoms with van der Waals surface area (Å²) in [5, 5.41) is 0. The van der Waals surface area contributed by atoms with E-state index in [4.69, 9.17) is 0 Å². The number of aromatic amines is 2. The van der Waals surface area contributed by atoms with E-state index in [1.807, 2.05) is 9.97 Å². The molecule has 1 aromatic rings. The van der Waals surface area contributed by atoms with Crippen LogP contribution in [0, 0.1) is 5.92 Å². The molecule has 0 aliphatic heterocycles. The molecule has 8 nitrogen and oxygen atoms in total. The van der Waals surface area contributed by atoms with Gasteiger partial charge in [-0.2, -0.15) is 0 Å². The molecule has 2 atom stereocenters. The van der Waals surface area contributed by atoms with Gasteiger partial charge in [-0.1, -0.05) is 12.8 Å². The van der Waals surface area contributed by atoms with Crippen molar-refractivity contribution in [3.63, 3.8) is 0 Å². The molecule has 2 N–H and O–H groups in total. The molecule has 114 valence electrons. The first-order chi connectivity index (χ1) is 10.1. The van der Waals surface area contributed by atoms with Crippen molar-refractivity contribution in [1.82, 2.24) is 14.5 Å². The Balaban J connectivity index is 1.98. The number of aromatic nitrogens is 3. The smallest absolute Gasteiger partial charge is 0.259 e. The van der Waals surface area contributed by atoms with Gasteiger partial charge in [0.1, 0.15) is 0 Å². The summed E-state index contributed by atoms with van der Waals surface area (Å²) in [6.07, 6.45) is 7.07. The summed E-state index contributed by atoms with van der Waals surface area (Å²) >= 11 is 0. The van der Waals surface area contributed by atoms with E-state index in [1.54, 1.807) is 6.08 Å². The number of rotatable bonds is 5. The number of isocyanates is 1. The van der Waals surface area contributed by atoms with E-state index >= 15 is 0 Å². The average Bonchev–Trinajstić information content (AvgIpc) is 2.43. The van der Waals surface area contributed by atoms with Crippen LogP contribution in [-0.4, -0.2) is 26.7 Å². The first kappa shape index (κ1) is 15.2. The molecule has 1 saturated carbocycles. The minimum Gasteiger partial charge on any atom is -0.259 e. The van der Waals surface area contributed by atoms with E-state index < -0.39 is 17.1 Å². The second-order valence-corrected chi connectivity index (χ2v) is 5.32. The molecule has 1 aliphatic carbocycles. The fourth-order valence-electron chi connectivity index (χ4n) is 2.93. The number of H-pyrrole nitrogens is 2. The highest BCUT2D eigenvalue weighted by Crippen LogP contribution is 2.30. The highest BCUT2D eigenvalue weighted by atomic mass is 16.2. The molecule has 2 rings (SSSR count). The maximum atomic E-state index is 11.5. The highest BCUT2D eigenvalue weighted by molar-refractivity contribution is 5.33. The van der Waals surface area contributed by atoms with Crippen LogP contribution in [-0.2, 0) is 11.3 Å². The van der Waals surface area contributed by atoms with Crippen LogP contribution in [0.2, 0.25) is 0 Å². The zero-order valence-electron chi connectivity index (χ0n) is 11.6. The summed E-state index contributed by atoms with van der Waals surface area (Å²) in [7, 11) is 0. The van der Waals surface area contributed by atoms with Gasteiger partial charge in [0.25, 0.3) is 0 Å². The van der Waals surface area contributed by atoms with Gasteiger partial charge >= 0.3 is 17.1 Å². The van der Waals surface area contributed by atoms with Crippen molar-refractivity contribution in [3.8, 4) is 0 Å². The van der Waals surface area contributed by atoms with Crippen molar-refractivity contribution in [2.24, 2.45) is 10.9 Å². The van der Waals surface area contributed by atoms with E-state index in [2.05, 4.69) is 4.99 Å². The Kier molecular flexibility index (Phi) is 5.05. The number of nitrogens with one attached hydrogen (secondary N) is 2. The fraction of sp³-hybridized carbons (Fsp3) is 0.692. The van der Waals surface area contributed by atoms with Gasteiger partial charge in [-0.15, -0.1) is 0 Å². The Bertz CT molecular complexity index is 661. The highest BCUT2D eigenvalue weighted by Gasteiger charge is 2.24. The molecule has 1 aliphatic rings. The molecule has 0 radical (unpaired) electrons. The molecule has 2 unspecified atom stereocenters. The first-order valence-electron chi connectivity index (χ1n) is 7.12. The second kappa shape index (κ2) is 6.99. The van der Waals surface area contributed by atoms with E-state index in [0.717, 1.165) is 36.7 Å². The van der Waals surface area contributed by atoms with Crippen molar-refractivity contribution in [2.75, 3.05) is 0 Å². The Morgan fingerprint density at radius 3 is 2.48 bits per heavy atom. The van der Waals surface area contributed by atoms with Gasteiger partial charge < -0.3 is 0 Å². The van der Waals surface area contributed by atoms with Gasteiger partial charge in [0.05, 0.1) is 6.04 Å². The summed E-state index contributed by atoms with van der Waals surface area (Å²) in [4.78, 5) is 52.3. The molecular formula is C13H18N4O4. The van der Waals surface area contributed by atoms with Gasteiger partial charge in [-0.25, -0.2) is 28.7 Å². The third kappa shape index (κ3) is 3.88. The lowest BCUT2D eigenvalue weighted by Crippen LogP contribution is -2.43. The van der Waals surface area contributed by atoms with E-state index in [9.17, 15) is 19.2 Å². The number of aliphatic imine (C=N–C) groups is 1. The SMILES string of the molecule is O=C=NC1CCCCC1CCCn1c(=O)[nH]c(=O)[nH]c1=O. The van der Waals surface area contributed by atoms with Crippen molar-refractivity contribution >= 4 is 6.08 Å². The molecule has 0 bridgehead atoms. The standard InChI is InChI=1S/C13H18N4O4/c18-8-14-10-6-2-1-4-9(10)5-3-7-17-12(20)15-11(19)16-13(17)21/h9-10H,1-7H2,(H2,15,16,19,20,21). The average molecular weight is 294 g/mol. The van der Waals surface area contributed by atoms with Crippen molar-refractivity contribution in [3.05, 3.63) is 31.5 Å². The van der Waals surface area contributed by atoms with Crippen LogP contribution in [0.25, 0.3) is 0 Å². The quantitative estimate of drug-likeness (QED) is 0.582. The Hall–Kier alpha value is -2.21. The summed E-state index contributed by atoms with van der Waals surface area (Å²) in [5.41, 5.74) is -2.20. The van der Waals surface area contributed by atoms with Gasteiger partial charge in [-0.3, -0.25) is 9.97 Å². The topological polar surface area (TPSA) is 117 Å². The van der Waals surface area contributed by atoms with Crippen LogP contribution < -0.4 is 17.1 Å². The number of carbonyl (C=O) groups excluding carboxylic acids is 1. The van der Waals surface area contributed by atoms with Crippen LogP contribution in [0.4, 0.5) is 0 Å². The molecule has 1 aromatic heterocycles. The minimum atomic E-state index is -0.797. The molecule has 1 heterocycles. The number of hydrogen-bond donors (Lipinski definition) is 2. The molecule has 1 fully saturated rings. The molecule has 8 heteroatoms. The maximum absolute atomic E-state index is 11.5. The minimum absolute atomic E-state index is 0.00170. The van der Waals surface area contributed by atoms with Crippen molar-refractivity contribution in [1.29, 1.82) is 0 Å². The fourth-order valence-corrected chi connectivity index (χ4v) is 2.93. The third-order valence-electron chi connectivity index (χ3n) is 3.98. The molecule has 0 saturated heterocycles. The van der Waals surface area contributed by atoms with Crippen LogP contribution in [0.1, 0.15) is 38.5 Å². The monoisotopic (exact) mass is 294 g/mol. The van der Waals surface area contributed by atoms with E-state index in [1.165, 1.54) is 0 Å². The molecule has 0 amide bonds. The van der Waals surface area contributed by atoms with E-state index in [-0.39, 0.29) is 18.5 Å². The first-order valence-corrected chi connectivity index (χ1v) is 7.12. The summed E-state index contributed by atoms with van der Waals surface area (Å²) in [6, 6.07) is 0.00170. The van der Waals surface area contributed by atoms with Crippen LogP contribution >= 0.6 is 0 Å². The lowest BCUT2D eigenvalue weighted by Gasteiger charge is -2.27. The number of hydrogen-bond acceptors (Lipinski definition) is 5. The summed E-state index contributed by atoms with van der Waals surface area (Å²) in [6.45, 7) is 0.235. The lowest BCUT2D eigenvalue weighted by molar-refractivity contribution is 0.282. The predicted octanol–water partition coefficient (Wildman–Crippen LogP) is -0.100. The third-order valence-corrected chi connectivity index (χ3v) is 3.98. The normalized spacial score (nSPS) is 21.7. The predicted molar refractivity (Wildman–Crippen MR) is 75.0 cm³/mol. The molecule has 21 heavy (non-hydrogen) atoms. The Labute approximate surface area is 119 Å². The molecule has 0 spiro atoms. The second-order valence-electron chi connectivity index (χ2n) is 5.32. The van der Waals surface area contributed by atoms with Gasteiger partial charge in [-0.05, 0) is 31.6 Å². The summed E-state index contributed by atoms with van der Waals surface area (Å²) in [5.74, 6) is 0.290. The molecular weight excluding hydrogens is 276 g/mol. The van der Waals surface area contributed by atoms with Gasteiger partial charge in [0.15, 0.2) is 0 Å². The van der Waals surface area contributed by atoms with Crippen molar-refractivity contribution < 1.29 is 4.79 Å². The van der Waals surface area contributed by atoms with Crippen LogP contribution in [0.5, 0.6) is 0 Å². The summed E-state index contributed by atoms with van der Waals surface area (Å²) < 4.78 is 0.974. The zero-order chi connectivity index (χ0) is 15.2. The maximum Gasteiger partial charge on any atom is 0.333 e. The molecule has 0 aromatic carbocycles. The lowest BCUT2D eigenvalue weighted by atomic mass is 9.82. The van der Waals surface area contributed by atoms with Crippen molar-refractivity contribution in [2.45, 2.75) is 51.1 Å². The largest absolute Gasteiger partial charge is 0.333 e. The van der Waals surface area contributed by atoms with Crippen LogP contribution in [0.3, 0.4) is 0 Å². The van der Waals surface area contributed by atoms with Gasteiger partial charge in [0, 0.05) is 6.54 Å². The number of nitrogens with zero attached hydrogens (tertiary/aromatic N) is 2. The van der Waals surface area contributed by atoms with Crippen LogP contribution in [0.15, 0.2) is 19.4 Å². The Morgan fingerprint density at radius 1 is 1.14 bits per heavy atom.